The molecule has 0 radical (unpaired) electrons. The summed E-state index contributed by atoms with van der Waals surface area (Å²) in [5.41, 5.74) is 13.9. The molecular weight excluding hydrogens is 759 g/mol. The van der Waals surface area contributed by atoms with E-state index in [1.165, 1.54) is 69.8 Å². The zero-order valence-corrected chi connectivity index (χ0v) is 34.2. The standard InChI is InChI=1S/C57H39N3S/c1-4-14-37(15-5-1)42-29-30-45(44-21-11-10-20-43(42)44)57-59-50(38-16-6-2-7-17-38)35-51(60-57)39-26-24-36(25-27-39)41-28-32-52-48(34-41)55-53(61-52)33-31-47-54(55)46-22-12-13-23-49(46)58-56(47)40-18-8-3-9-19-40/h1-24,26,28-35,44-45H,25,27H2. The lowest BCUT2D eigenvalue weighted by atomic mass is 9.75. The third kappa shape index (κ3) is 6.22. The van der Waals surface area contributed by atoms with Crippen molar-refractivity contribution in [2.24, 2.45) is 5.92 Å². The molecule has 3 aliphatic rings. The van der Waals surface area contributed by atoms with Gasteiger partial charge in [-0.05, 0) is 76.6 Å². The van der Waals surface area contributed by atoms with E-state index in [1.54, 1.807) is 0 Å². The van der Waals surface area contributed by atoms with Crippen LogP contribution in [0.25, 0.3) is 81.1 Å². The van der Waals surface area contributed by atoms with Gasteiger partial charge < -0.3 is 0 Å². The van der Waals surface area contributed by atoms with Gasteiger partial charge in [-0.2, -0.15) is 0 Å². The van der Waals surface area contributed by atoms with Gasteiger partial charge in [0.2, 0.25) is 0 Å². The highest BCUT2D eigenvalue weighted by molar-refractivity contribution is 7.26. The van der Waals surface area contributed by atoms with Crippen LogP contribution < -0.4 is 0 Å². The molecule has 61 heavy (non-hydrogen) atoms. The topological polar surface area (TPSA) is 38.7 Å². The Bertz CT molecular complexity index is 3400. The molecule has 3 aliphatic carbocycles. The molecule has 3 aromatic heterocycles. The van der Waals surface area contributed by atoms with Crippen molar-refractivity contribution < 1.29 is 0 Å². The Labute approximate surface area is 358 Å². The fourth-order valence-corrected chi connectivity index (χ4v) is 10.7. The Morgan fingerprint density at radius 2 is 1.16 bits per heavy atom. The van der Waals surface area contributed by atoms with Gasteiger partial charge in [0.05, 0.1) is 22.6 Å². The molecule has 0 aliphatic heterocycles. The Kier molecular flexibility index (Phi) is 8.64. The summed E-state index contributed by atoms with van der Waals surface area (Å²) in [5.74, 6) is 1.02. The van der Waals surface area contributed by atoms with E-state index in [0.29, 0.717) is 0 Å². The molecule has 0 saturated heterocycles. The summed E-state index contributed by atoms with van der Waals surface area (Å²) >= 11 is 1.88. The molecular formula is C57H39N3S. The van der Waals surface area contributed by atoms with Gasteiger partial charge in [0.1, 0.15) is 5.82 Å². The van der Waals surface area contributed by atoms with Crippen molar-refractivity contribution in [2.75, 3.05) is 0 Å². The van der Waals surface area contributed by atoms with Crippen molar-refractivity contribution in [3.05, 3.63) is 228 Å². The molecule has 9 aromatic rings. The van der Waals surface area contributed by atoms with Crippen LogP contribution in [0.4, 0.5) is 0 Å². The minimum atomic E-state index is 0.0151. The number of nitrogens with zero attached hydrogens (tertiary/aromatic N) is 3. The highest BCUT2D eigenvalue weighted by Crippen LogP contribution is 2.46. The number of benzene rings is 6. The lowest BCUT2D eigenvalue weighted by Gasteiger charge is -2.30. The molecule has 0 fully saturated rings. The highest BCUT2D eigenvalue weighted by atomic mass is 32.1. The molecule has 12 rings (SSSR count). The van der Waals surface area contributed by atoms with E-state index in [-0.39, 0.29) is 11.8 Å². The Hall–Kier alpha value is -7.27. The zero-order valence-electron chi connectivity index (χ0n) is 33.4. The molecule has 6 aromatic carbocycles. The van der Waals surface area contributed by atoms with E-state index in [4.69, 9.17) is 15.0 Å². The number of hydrogen-bond acceptors (Lipinski definition) is 4. The zero-order chi connectivity index (χ0) is 40.3. The first-order valence-electron chi connectivity index (χ1n) is 21.1. The minimum absolute atomic E-state index is 0.0151. The summed E-state index contributed by atoms with van der Waals surface area (Å²) in [6, 6.07) is 54.3. The summed E-state index contributed by atoms with van der Waals surface area (Å²) in [6.07, 6.45) is 19.9. The summed E-state index contributed by atoms with van der Waals surface area (Å²) in [5, 5.41) is 6.29. The number of allylic oxidation sites excluding steroid dienone is 12. The van der Waals surface area contributed by atoms with Crippen molar-refractivity contribution >= 4 is 69.9 Å². The second-order valence-electron chi connectivity index (χ2n) is 16.2. The molecule has 3 heterocycles. The van der Waals surface area contributed by atoms with Crippen molar-refractivity contribution in [3.63, 3.8) is 0 Å². The van der Waals surface area contributed by atoms with E-state index >= 15 is 0 Å². The molecule has 2 unspecified atom stereocenters. The van der Waals surface area contributed by atoms with Crippen LogP contribution in [-0.2, 0) is 0 Å². The van der Waals surface area contributed by atoms with Crippen LogP contribution >= 0.6 is 11.3 Å². The van der Waals surface area contributed by atoms with E-state index in [1.807, 2.05) is 11.3 Å². The third-order valence-corrected chi connectivity index (χ3v) is 13.8. The largest absolute Gasteiger partial charge is 0.247 e. The lowest BCUT2D eigenvalue weighted by molar-refractivity contribution is 0.634. The van der Waals surface area contributed by atoms with Gasteiger partial charge in [-0.15, -0.1) is 11.3 Å². The van der Waals surface area contributed by atoms with Crippen LogP contribution in [0.1, 0.15) is 41.4 Å². The average molecular weight is 798 g/mol. The van der Waals surface area contributed by atoms with Crippen molar-refractivity contribution in [1.29, 1.82) is 0 Å². The van der Waals surface area contributed by atoms with Crippen LogP contribution in [0.3, 0.4) is 0 Å². The normalized spacial score (nSPS) is 17.3. The minimum Gasteiger partial charge on any atom is -0.247 e. The van der Waals surface area contributed by atoms with Gasteiger partial charge >= 0.3 is 0 Å². The van der Waals surface area contributed by atoms with Crippen LogP contribution in [0.15, 0.2) is 206 Å². The number of pyridine rings is 1. The predicted octanol–water partition coefficient (Wildman–Crippen LogP) is 15.0. The Morgan fingerprint density at radius 1 is 0.459 bits per heavy atom. The van der Waals surface area contributed by atoms with Crippen LogP contribution in [0, 0.1) is 5.92 Å². The monoisotopic (exact) mass is 797 g/mol. The van der Waals surface area contributed by atoms with Crippen LogP contribution in [0.5, 0.6) is 0 Å². The number of hydrogen-bond donors (Lipinski definition) is 0. The summed E-state index contributed by atoms with van der Waals surface area (Å²) < 4.78 is 2.60. The van der Waals surface area contributed by atoms with Crippen LogP contribution in [0.2, 0.25) is 0 Å². The second-order valence-corrected chi connectivity index (χ2v) is 17.2. The lowest BCUT2D eigenvalue weighted by Crippen LogP contribution is -2.19. The van der Waals surface area contributed by atoms with Gasteiger partial charge in [0.25, 0.3) is 0 Å². The SMILES string of the molecule is C1=CC2=C(c3ccccc3)C=CC(c3nc(C4=CC=C(c5ccc6sc7ccc8c(-c9ccccc9)nc9ccccc9c8c7c6c5)CC4)cc(-c4ccccc4)n3)C2C=C1. The predicted molar refractivity (Wildman–Crippen MR) is 257 cm³/mol. The Balaban J connectivity index is 0.951. The first kappa shape index (κ1) is 35.7. The van der Waals surface area contributed by atoms with Crippen molar-refractivity contribution in [3.8, 4) is 22.5 Å². The van der Waals surface area contributed by atoms with Gasteiger partial charge in [-0.25, -0.2) is 15.0 Å². The number of rotatable bonds is 6. The van der Waals surface area contributed by atoms with Crippen LogP contribution in [-0.4, -0.2) is 15.0 Å². The number of para-hydroxylation sites is 1. The molecule has 3 nitrogen and oxygen atoms in total. The second kappa shape index (κ2) is 14.8. The summed E-state index contributed by atoms with van der Waals surface area (Å²) in [7, 11) is 0. The maximum Gasteiger partial charge on any atom is 0.137 e. The van der Waals surface area contributed by atoms with E-state index < -0.39 is 0 Å². The summed E-state index contributed by atoms with van der Waals surface area (Å²) in [4.78, 5) is 15.9. The number of fused-ring (bicyclic) bond motifs is 8. The molecule has 0 saturated carbocycles. The number of thiophene rings is 1. The van der Waals surface area contributed by atoms with E-state index in [2.05, 4.69) is 200 Å². The number of aromatic nitrogens is 3. The first-order chi connectivity index (χ1) is 30.2. The molecule has 0 spiro atoms. The molecule has 0 N–H and O–H groups in total. The maximum atomic E-state index is 5.40. The smallest absolute Gasteiger partial charge is 0.137 e. The van der Waals surface area contributed by atoms with Gasteiger partial charge in [0.15, 0.2) is 0 Å². The van der Waals surface area contributed by atoms with Gasteiger partial charge in [-0.3, -0.25) is 0 Å². The van der Waals surface area contributed by atoms with Gasteiger partial charge in [-0.1, -0.05) is 170 Å². The highest BCUT2D eigenvalue weighted by Gasteiger charge is 2.31. The molecule has 0 amide bonds. The van der Waals surface area contributed by atoms with Crippen molar-refractivity contribution in [1.82, 2.24) is 15.0 Å². The van der Waals surface area contributed by atoms with Crippen molar-refractivity contribution in [2.45, 2.75) is 18.8 Å². The first-order valence-corrected chi connectivity index (χ1v) is 22.0. The van der Waals surface area contributed by atoms with E-state index in [9.17, 15) is 0 Å². The Morgan fingerprint density at radius 3 is 1.97 bits per heavy atom. The fourth-order valence-electron chi connectivity index (χ4n) is 9.64. The average Bonchev–Trinajstić information content (AvgIpc) is 3.72. The molecule has 4 heteroatoms. The van der Waals surface area contributed by atoms with E-state index in [0.717, 1.165) is 52.4 Å². The summed E-state index contributed by atoms with van der Waals surface area (Å²) in [6.45, 7) is 0. The maximum absolute atomic E-state index is 5.40. The van der Waals surface area contributed by atoms with Gasteiger partial charge in [0, 0.05) is 59.3 Å². The fraction of sp³-hybridized carbons (Fsp3) is 0.0702. The molecule has 288 valence electrons. The third-order valence-electron chi connectivity index (χ3n) is 12.6. The molecule has 0 bridgehead atoms. The molecule has 2 atom stereocenters. The quantitative estimate of drug-likeness (QED) is 0.157.